The Morgan fingerprint density at radius 1 is 1.18 bits per heavy atom. The molecule has 3 rings (SSSR count). The van der Waals surface area contributed by atoms with Gasteiger partial charge in [0.2, 0.25) is 5.91 Å². The van der Waals surface area contributed by atoms with Crippen molar-refractivity contribution in [3.8, 4) is 0 Å². The minimum absolute atomic E-state index is 0.0792. The molecule has 1 amide bonds. The Morgan fingerprint density at radius 3 is 2.68 bits per heavy atom. The highest BCUT2D eigenvalue weighted by molar-refractivity contribution is 5.78. The van der Waals surface area contributed by atoms with E-state index in [0.717, 1.165) is 45.8 Å². The summed E-state index contributed by atoms with van der Waals surface area (Å²) >= 11 is 0. The van der Waals surface area contributed by atoms with Crippen molar-refractivity contribution in [2.45, 2.75) is 45.1 Å². The average Bonchev–Trinajstić information content (AvgIpc) is 2.73. The first-order valence-corrected chi connectivity index (χ1v) is 10.8. The van der Waals surface area contributed by atoms with Crippen molar-refractivity contribution in [3.63, 3.8) is 0 Å². The smallest absolute Gasteiger partial charge is 0.233 e. The van der Waals surface area contributed by atoms with Gasteiger partial charge in [-0.15, -0.1) is 0 Å². The van der Waals surface area contributed by atoms with Gasteiger partial charge in [-0.3, -0.25) is 9.69 Å². The molecule has 1 saturated heterocycles. The van der Waals surface area contributed by atoms with Crippen LogP contribution in [0, 0.1) is 6.92 Å². The van der Waals surface area contributed by atoms with Crippen molar-refractivity contribution < 1.29 is 9.53 Å². The van der Waals surface area contributed by atoms with Gasteiger partial charge in [0.05, 0.1) is 19.8 Å². The number of hydrogen-bond acceptors (Lipinski definition) is 4. The van der Waals surface area contributed by atoms with Crippen molar-refractivity contribution in [2.75, 3.05) is 45.9 Å². The van der Waals surface area contributed by atoms with Crippen molar-refractivity contribution in [1.29, 1.82) is 0 Å². The van der Waals surface area contributed by atoms with Crippen LogP contribution in [0.25, 0.3) is 0 Å². The van der Waals surface area contributed by atoms with Crippen LogP contribution in [0.3, 0.4) is 0 Å². The molecule has 5 nitrogen and oxygen atoms in total. The van der Waals surface area contributed by atoms with E-state index in [-0.39, 0.29) is 11.9 Å². The van der Waals surface area contributed by atoms with Gasteiger partial charge in [-0.1, -0.05) is 41.5 Å². The molecule has 1 fully saturated rings. The van der Waals surface area contributed by atoms with Crippen molar-refractivity contribution in [2.24, 2.45) is 0 Å². The van der Waals surface area contributed by atoms with Gasteiger partial charge < -0.3 is 15.4 Å². The lowest BCUT2D eigenvalue weighted by Crippen LogP contribution is -2.44. The number of morpholine rings is 1. The molecule has 1 atom stereocenters. The number of aryl methyl sites for hydroxylation is 1. The fraction of sp³-hybridized carbons (Fsp3) is 0.609. The van der Waals surface area contributed by atoms with E-state index < -0.39 is 0 Å². The molecule has 28 heavy (non-hydrogen) atoms. The molecule has 0 spiro atoms. The number of ether oxygens (including phenoxy) is 1. The lowest BCUT2D eigenvalue weighted by Gasteiger charge is -2.31. The van der Waals surface area contributed by atoms with Crippen LogP contribution in [0.4, 0.5) is 0 Å². The van der Waals surface area contributed by atoms with Crippen LogP contribution >= 0.6 is 0 Å². The maximum absolute atomic E-state index is 12.3. The zero-order valence-electron chi connectivity index (χ0n) is 17.2. The van der Waals surface area contributed by atoms with Gasteiger partial charge in [-0.05, 0) is 44.6 Å². The number of hydrogen-bond donors (Lipinski definition) is 2. The first-order chi connectivity index (χ1) is 13.7. The number of carbonyl (C=O) groups excluding carboxylic acids is 1. The van der Waals surface area contributed by atoms with E-state index in [1.807, 2.05) is 0 Å². The van der Waals surface area contributed by atoms with E-state index >= 15 is 0 Å². The van der Waals surface area contributed by atoms with Crippen LogP contribution in [0.1, 0.15) is 49.3 Å². The van der Waals surface area contributed by atoms with Gasteiger partial charge in [0.15, 0.2) is 0 Å². The van der Waals surface area contributed by atoms with Crippen LogP contribution in [0.2, 0.25) is 0 Å². The molecule has 0 unspecified atom stereocenters. The number of allylic oxidation sites excluding steroid dienone is 1. The molecule has 1 heterocycles. The Balaban J connectivity index is 1.47. The first kappa shape index (κ1) is 21.0. The molecule has 0 radical (unpaired) electrons. The summed E-state index contributed by atoms with van der Waals surface area (Å²) in [7, 11) is 0. The van der Waals surface area contributed by atoms with E-state index in [4.69, 9.17) is 4.74 Å². The van der Waals surface area contributed by atoms with E-state index in [2.05, 4.69) is 52.8 Å². The molecule has 2 N–H and O–H groups in total. The summed E-state index contributed by atoms with van der Waals surface area (Å²) in [6, 6.07) is 8.76. The molecule has 2 aliphatic rings. The van der Waals surface area contributed by atoms with E-state index in [9.17, 15) is 4.79 Å². The van der Waals surface area contributed by atoms with Gasteiger partial charge in [0, 0.05) is 32.2 Å². The Labute approximate surface area is 169 Å². The predicted molar refractivity (Wildman–Crippen MR) is 113 cm³/mol. The Bertz CT molecular complexity index is 636. The van der Waals surface area contributed by atoms with Gasteiger partial charge in [-0.2, -0.15) is 0 Å². The SMILES string of the molecule is Cc1ccc([C@@H](CN2CCOCC2)NCC(=O)NCCC2=CCCCC2)cc1. The van der Waals surface area contributed by atoms with Crippen molar-refractivity contribution >= 4 is 5.91 Å². The molecule has 0 bridgehead atoms. The van der Waals surface area contributed by atoms with E-state index in [1.165, 1.54) is 42.4 Å². The van der Waals surface area contributed by atoms with Gasteiger partial charge in [-0.25, -0.2) is 0 Å². The van der Waals surface area contributed by atoms with Crippen molar-refractivity contribution in [3.05, 3.63) is 47.0 Å². The largest absolute Gasteiger partial charge is 0.379 e. The predicted octanol–water partition coefficient (Wildman–Crippen LogP) is 2.96. The number of rotatable bonds is 9. The number of nitrogens with zero attached hydrogens (tertiary/aromatic N) is 1. The third kappa shape index (κ3) is 7.04. The van der Waals surface area contributed by atoms with Gasteiger partial charge >= 0.3 is 0 Å². The van der Waals surface area contributed by atoms with Gasteiger partial charge in [0.1, 0.15) is 0 Å². The van der Waals surface area contributed by atoms with Crippen LogP contribution in [-0.4, -0.2) is 56.7 Å². The fourth-order valence-corrected chi connectivity index (χ4v) is 3.90. The molecule has 1 aromatic carbocycles. The molecule has 0 aromatic heterocycles. The molecule has 1 aromatic rings. The highest BCUT2D eigenvalue weighted by atomic mass is 16.5. The third-order valence-corrected chi connectivity index (χ3v) is 5.69. The highest BCUT2D eigenvalue weighted by Gasteiger charge is 2.19. The van der Waals surface area contributed by atoms with Crippen LogP contribution in [0.5, 0.6) is 0 Å². The van der Waals surface area contributed by atoms with Gasteiger partial charge in [0.25, 0.3) is 0 Å². The quantitative estimate of drug-likeness (QED) is 0.642. The standard InChI is InChI=1S/C23H35N3O2/c1-19-7-9-21(10-8-19)22(18-26-13-15-28-16-14-26)25-17-23(27)24-12-11-20-5-3-2-4-6-20/h5,7-10,22,25H,2-4,6,11-18H2,1H3,(H,24,27)/t22-/m1/s1. The van der Waals surface area contributed by atoms with E-state index in [1.54, 1.807) is 0 Å². The molecular formula is C23H35N3O2. The Morgan fingerprint density at radius 2 is 1.96 bits per heavy atom. The maximum Gasteiger partial charge on any atom is 0.233 e. The van der Waals surface area contributed by atoms with Crippen LogP contribution < -0.4 is 10.6 Å². The first-order valence-electron chi connectivity index (χ1n) is 10.8. The molecular weight excluding hydrogens is 350 g/mol. The summed E-state index contributed by atoms with van der Waals surface area (Å²) in [5, 5.41) is 6.56. The number of amides is 1. The topological polar surface area (TPSA) is 53.6 Å². The molecule has 1 aliphatic carbocycles. The third-order valence-electron chi connectivity index (χ3n) is 5.69. The molecule has 1 aliphatic heterocycles. The Kier molecular flexibility index (Phi) is 8.52. The zero-order valence-corrected chi connectivity index (χ0v) is 17.2. The average molecular weight is 386 g/mol. The summed E-state index contributed by atoms with van der Waals surface area (Å²) < 4.78 is 5.46. The number of carbonyl (C=O) groups is 1. The zero-order chi connectivity index (χ0) is 19.6. The van der Waals surface area contributed by atoms with E-state index in [0.29, 0.717) is 6.54 Å². The maximum atomic E-state index is 12.3. The summed E-state index contributed by atoms with van der Waals surface area (Å²) in [6.07, 6.45) is 8.34. The Hall–Kier alpha value is -1.69. The lowest BCUT2D eigenvalue weighted by molar-refractivity contribution is -0.120. The molecule has 5 heteroatoms. The minimum Gasteiger partial charge on any atom is -0.379 e. The highest BCUT2D eigenvalue weighted by Crippen LogP contribution is 2.19. The fourth-order valence-electron chi connectivity index (χ4n) is 3.90. The summed E-state index contributed by atoms with van der Waals surface area (Å²) in [5.41, 5.74) is 3.99. The number of nitrogens with one attached hydrogen (secondary N) is 2. The second-order valence-electron chi connectivity index (χ2n) is 7.97. The normalized spacial score (nSPS) is 19.1. The molecule has 0 saturated carbocycles. The second-order valence-corrected chi connectivity index (χ2v) is 7.97. The second kappa shape index (κ2) is 11.3. The number of benzene rings is 1. The summed E-state index contributed by atoms with van der Waals surface area (Å²) in [6.45, 7) is 7.56. The lowest BCUT2D eigenvalue weighted by atomic mass is 9.97. The van der Waals surface area contributed by atoms with Crippen LogP contribution in [0.15, 0.2) is 35.9 Å². The summed E-state index contributed by atoms with van der Waals surface area (Å²) in [5.74, 6) is 0.0792. The monoisotopic (exact) mass is 385 g/mol. The minimum atomic E-state index is 0.0792. The van der Waals surface area contributed by atoms with Crippen molar-refractivity contribution in [1.82, 2.24) is 15.5 Å². The summed E-state index contributed by atoms with van der Waals surface area (Å²) in [4.78, 5) is 14.8. The van der Waals surface area contributed by atoms with Crippen LogP contribution in [-0.2, 0) is 9.53 Å². The molecule has 154 valence electrons.